The van der Waals surface area contributed by atoms with Crippen molar-refractivity contribution in [2.24, 2.45) is 0 Å². The van der Waals surface area contributed by atoms with Crippen molar-refractivity contribution in [3.05, 3.63) is 29.3 Å². The Bertz CT molecular complexity index is 521. The molecule has 1 aromatic carbocycles. The monoisotopic (exact) mass is 260 g/mol. The van der Waals surface area contributed by atoms with Gasteiger partial charge in [0.1, 0.15) is 5.78 Å². The van der Waals surface area contributed by atoms with Gasteiger partial charge in [0.05, 0.1) is 13.0 Å². The van der Waals surface area contributed by atoms with Crippen molar-refractivity contribution in [3.63, 3.8) is 0 Å². The quantitative estimate of drug-likeness (QED) is 0.846. The van der Waals surface area contributed by atoms with Gasteiger partial charge in [-0.05, 0) is 24.1 Å². The van der Waals surface area contributed by atoms with E-state index < -0.39 is 0 Å². The second-order valence-electron chi connectivity index (χ2n) is 5.79. The molecule has 0 bridgehead atoms. The molecule has 102 valence electrons. The molecule has 1 heterocycles. The number of rotatable bonds is 5. The normalized spacial score (nSPS) is 14.2. The van der Waals surface area contributed by atoms with Crippen LogP contribution >= 0.6 is 0 Å². The number of amides is 1. The molecule has 19 heavy (non-hydrogen) atoms. The molecule has 2 rings (SSSR count). The lowest BCUT2D eigenvalue weighted by Crippen LogP contribution is -2.35. The van der Waals surface area contributed by atoms with Crippen LogP contribution in [0.2, 0.25) is 0 Å². The predicted molar refractivity (Wildman–Crippen MR) is 75.4 cm³/mol. The number of hydrogen-bond donors (Lipinski definition) is 2. The lowest BCUT2D eigenvalue weighted by molar-refractivity contribution is -0.116. The van der Waals surface area contributed by atoms with Gasteiger partial charge in [-0.2, -0.15) is 0 Å². The first kappa shape index (κ1) is 13.7. The molecule has 0 aliphatic carbocycles. The van der Waals surface area contributed by atoms with Crippen LogP contribution in [0.25, 0.3) is 0 Å². The minimum atomic E-state index is -0.0733. The van der Waals surface area contributed by atoms with Crippen LogP contribution in [0.5, 0.6) is 0 Å². The first-order chi connectivity index (χ1) is 8.88. The van der Waals surface area contributed by atoms with Gasteiger partial charge in [0.15, 0.2) is 0 Å². The standard InChI is InChI=1S/C15H20N2O2/c1-10(18)8-16-9-15(2,3)12-4-5-13-11(6-12)7-14(19)17-13/h4-6,16H,7-9H2,1-3H3,(H,17,19). The third-order valence-electron chi connectivity index (χ3n) is 3.45. The van der Waals surface area contributed by atoms with E-state index in [2.05, 4.69) is 30.5 Å². The number of nitrogens with one attached hydrogen (secondary N) is 2. The zero-order chi connectivity index (χ0) is 14.0. The number of anilines is 1. The molecule has 0 saturated carbocycles. The van der Waals surface area contributed by atoms with Crippen LogP contribution in [0.1, 0.15) is 31.9 Å². The molecule has 0 aromatic heterocycles. The summed E-state index contributed by atoms with van der Waals surface area (Å²) in [5.41, 5.74) is 3.08. The Labute approximate surface area is 113 Å². The van der Waals surface area contributed by atoms with Gasteiger partial charge in [-0.3, -0.25) is 9.59 Å². The average molecular weight is 260 g/mol. The van der Waals surface area contributed by atoms with Crippen molar-refractivity contribution in [2.45, 2.75) is 32.6 Å². The van der Waals surface area contributed by atoms with E-state index in [4.69, 9.17) is 0 Å². The fourth-order valence-electron chi connectivity index (χ4n) is 2.30. The molecule has 0 spiro atoms. The van der Waals surface area contributed by atoms with E-state index in [-0.39, 0.29) is 17.1 Å². The van der Waals surface area contributed by atoms with Gasteiger partial charge in [0.2, 0.25) is 5.91 Å². The highest BCUT2D eigenvalue weighted by Gasteiger charge is 2.24. The van der Waals surface area contributed by atoms with Crippen molar-refractivity contribution in [1.29, 1.82) is 0 Å². The Balaban J connectivity index is 2.10. The summed E-state index contributed by atoms with van der Waals surface area (Å²) in [5.74, 6) is 0.194. The van der Waals surface area contributed by atoms with E-state index in [1.165, 1.54) is 5.56 Å². The number of carbonyl (C=O) groups excluding carboxylic acids is 2. The smallest absolute Gasteiger partial charge is 0.228 e. The Morgan fingerprint density at radius 1 is 1.42 bits per heavy atom. The summed E-state index contributed by atoms with van der Waals surface area (Å²) in [6, 6.07) is 6.09. The largest absolute Gasteiger partial charge is 0.326 e. The second kappa shape index (κ2) is 5.13. The predicted octanol–water partition coefficient (Wildman–Crippen LogP) is 1.64. The van der Waals surface area contributed by atoms with E-state index in [1.807, 2.05) is 12.1 Å². The number of ketones is 1. The molecule has 4 heteroatoms. The first-order valence-corrected chi connectivity index (χ1v) is 6.52. The highest BCUT2D eigenvalue weighted by Crippen LogP contribution is 2.29. The highest BCUT2D eigenvalue weighted by atomic mass is 16.1. The van der Waals surface area contributed by atoms with Crippen LogP contribution in [0.15, 0.2) is 18.2 Å². The molecule has 1 aliphatic rings. The van der Waals surface area contributed by atoms with Gasteiger partial charge in [-0.15, -0.1) is 0 Å². The fourth-order valence-corrected chi connectivity index (χ4v) is 2.30. The van der Waals surface area contributed by atoms with Crippen molar-refractivity contribution < 1.29 is 9.59 Å². The third-order valence-corrected chi connectivity index (χ3v) is 3.45. The number of carbonyl (C=O) groups is 2. The van der Waals surface area contributed by atoms with Crippen LogP contribution in [0.3, 0.4) is 0 Å². The van der Waals surface area contributed by atoms with E-state index in [0.717, 1.165) is 17.8 Å². The fraction of sp³-hybridized carbons (Fsp3) is 0.467. The number of benzene rings is 1. The molecule has 1 amide bonds. The molecule has 1 aromatic rings. The van der Waals surface area contributed by atoms with Gasteiger partial charge in [-0.1, -0.05) is 26.0 Å². The van der Waals surface area contributed by atoms with Gasteiger partial charge in [0, 0.05) is 17.6 Å². The molecular weight excluding hydrogens is 240 g/mol. The second-order valence-corrected chi connectivity index (χ2v) is 5.79. The minimum absolute atomic E-state index is 0.0552. The maximum Gasteiger partial charge on any atom is 0.228 e. The van der Waals surface area contributed by atoms with E-state index in [0.29, 0.717) is 13.0 Å². The van der Waals surface area contributed by atoms with Crippen LogP contribution in [0, 0.1) is 0 Å². The molecular formula is C15H20N2O2. The molecule has 0 fully saturated rings. The van der Waals surface area contributed by atoms with Gasteiger partial charge < -0.3 is 10.6 Å². The zero-order valence-electron chi connectivity index (χ0n) is 11.7. The van der Waals surface area contributed by atoms with Crippen LogP contribution < -0.4 is 10.6 Å². The van der Waals surface area contributed by atoms with Gasteiger partial charge >= 0.3 is 0 Å². The summed E-state index contributed by atoms with van der Waals surface area (Å²) >= 11 is 0. The van der Waals surface area contributed by atoms with Gasteiger partial charge in [-0.25, -0.2) is 0 Å². The summed E-state index contributed by atoms with van der Waals surface area (Å²) in [6.07, 6.45) is 0.458. The Morgan fingerprint density at radius 2 is 2.16 bits per heavy atom. The van der Waals surface area contributed by atoms with Crippen LogP contribution in [0.4, 0.5) is 5.69 Å². The Hall–Kier alpha value is -1.68. The third kappa shape index (κ3) is 3.20. The maximum absolute atomic E-state index is 11.3. The molecule has 4 nitrogen and oxygen atoms in total. The molecule has 2 N–H and O–H groups in total. The minimum Gasteiger partial charge on any atom is -0.326 e. The van der Waals surface area contributed by atoms with Crippen molar-refractivity contribution in [2.75, 3.05) is 18.4 Å². The van der Waals surface area contributed by atoms with Gasteiger partial charge in [0.25, 0.3) is 0 Å². The number of Topliss-reactive ketones (excluding diaryl/α,β-unsaturated/α-hetero) is 1. The Kier molecular flexibility index (Phi) is 3.71. The molecule has 1 aliphatic heterocycles. The topological polar surface area (TPSA) is 58.2 Å². The van der Waals surface area contributed by atoms with Crippen LogP contribution in [-0.4, -0.2) is 24.8 Å². The van der Waals surface area contributed by atoms with Crippen molar-refractivity contribution in [1.82, 2.24) is 5.32 Å². The lowest BCUT2D eigenvalue weighted by atomic mass is 9.83. The SMILES string of the molecule is CC(=O)CNCC(C)(C)c1ccc2c(c1)CC(=O)N2. The summed E-state index contributed by atoms with van der Waals surface area (Å²) in [6.45, 7) is 6.96. The zero-order valence-corrected chi connectivity index (χ0v) is 11.7. The van der Waals surface area contributed by atoms with Crippen molar-refractivity contribution in [3.8, 4) is 0 Å². The highest BCUT2D eigenvalue weighted by molar-refractivity contribution is 5.99. The maximum atomic E-state index is 11.3. The summed E-state index contributed by atoms with van der Waals surface area (Å²) in [4.78, 5) is 22.3. The summed E-state index contributed by atoms with van der Waals surface area (Å²) in [7, 11) is 0. The molecule has 0 atom stereocenters. The van der Waals surface area contributed by atoms with Crippen LogP contribution in [-0.2, 0) is 21.4 Å². The number of hydrogen-bond acceptors (Lipinski definition) is 3. The molecule has 0 saturated heterocycles. The molecule has 0 radical (unpaired) electrons. The van der Waals surface area contributed by atoms with Crippen molar-refractivity contribution >= 4 is 17.4 Å². The summed E-state index contributed by atoms with van der Waals surface area (Å²) < 4.78 is 0. The number of fused-ring (bicyclic) bond motifs is 1. The lowest BCUT2D eigenvalue weighted by Gasteiger charge is -2.26. The van der Waals surface area contributed by atoms with E-state index in [9.17, 15) is 9.59 Å². The Morgan fingerprint density at radius 3 is 2.84 bits per heavy atom. The average Bonchev–Trinajstić information content (AvgIpc) is 2.67. The first-order valence-electron chi connectivity index (χ1n) is 6.52. The molecule has 0 unspecified atom stereocenters. The van der Waals surface area contributed by atoms with E-state index >= 15 is 0 Å². The summed E-state index contributed by atoms with van der Waals surface area (Å²) in [5, 5.41) is 6.00. The van der Waals surface area contributed by atoms with E-state index in [1.54, 1.807) is 6.92 Å².